The Bertz CT molecular complexity index is 538. The number of anilines is 1. The number of nitrogens with two attached hydrogens (primary N) is 1. The van der Waals surface area contributed by atoms with Crippen molar-refractivity contribution in [2.24, 2.45) is 5.73 Å². The highest BCUT2D eigenvalue weighted by Crippen LogP contribution is 2.29. The summed E-state index contributed by atoms with van der Waals surface area (Å²) in [6.45, 7) is 2.84. The van der Waals surface area contributed by atoms with Gasteiger partial charge in [0.25, 0.3) is 5.69 Å². The van der Waals surface area contributed by atoms with Crippen LogP contribution in [0, 0.1) is 21.4 Å². The Morgan fingerprint density at radius 3 is 2.89 bits per heavy atom. The van der Waals surface area contributed by atoms with E-state index >= 15 is 0 Å². The average molecular weight is 260 g/mol. The molecule has 2 atom stereocenters. The molecule has 0 aliphatic carbocycles. The number of nitro benzene ring substituents is 1. The largest absolute Gasteiger partial charge is 0.369 e. The Morgan fingerprint density at radius 2 is 2.32 bits per heavy atom. The molecule has 0 saturated carbocycles. The Morgan fingerprint density at radius 1 is 1.58 bits per heavy atom. The van der Waals surface area contributed by atoms with Crippen LogP contribution in [0.4, 0.5) is 11.4 Å². The third kappa shape index (κ3) is 2.66. The van der Waals surface area contributed by atoms with Crippen molar-refractivity contribution in [3.8, 4) is 6.07 Å². The number of hydrogen-bond donors (Lipinski definition) is 1. The molecule has 1 aliphatic rings. The number of nitro groups is 1. The SMILES string of the molecule is CC1CC(N)CCN1c1ccc(C#N)c([N+](=O)[O-])c1. The molecule has 2 N–H and O–H groups in total. The van der Waals surface area contributed by atoms with Crippen LogP contribution in [0.1, 0.15) is 25.3 Å². The van der Waals surface area contributed by atoms with Crippen LogP contribution in [0.5, 0.6) is 0 Å². The van der Waals surface area contributed by atoms with Crippen LogP contribution in [0.2, 0.25) is 0 Å². The van der Waals surface area contributed by atoms with E-state index in [2.05, 4.69) is 11.8 Å². The van der Waals surface area contributed by atoms with Crippen molar-refractivity contribution < 1.29 is 4.92 Å². The van der Waals surface area contributed by atoms with Gasteiger partial charge < -0.3 is 10.6 Å². The molecule has 1 aliphatic heterocycles. The second-order valence-electron chi connectivity index (χ2n) is 4.90. The van der Waals surface area contributed by atoms with Gasteiger partial charge in [-0.1, -0.05) is 0 Å². The van der Waals surface area contributed by atoms with E-state index in [1.54, 1.807) is 6.07 Å². The number of piperidine rings is 1. The lowest BCUT2D eigenvalue weighted by atomic mass is 9.98. The molecule has 6 nitrogen and oxygen atoms in total. The molecule has 0 spiro atoms. The van der Waals surface area contributed by atoms with Gasteiger partial charge in [-0.25, -0.2) is 0 Å². The topological polar surface area (TPSA) is 96.2 Å². The van der Waals surface area contributed by atoms with E-state index in [1.807, 2.05) is 6.07 Å². The van der Waals surface area contributed by atoms with Crippen LogP contribution in [0.3, 0.4) is 0 Å². The van der Waals surface area contributed by atoms with Gasteiger partial charge in [-0.15, -0.1) is 0 Å². The second-order valence-corrected chi connectivity index (χ2v) is 4.90. The van der Waals surface area contributed by atoms with Gasteiger partial charge in [-0.05, 0) is 31.9 Å². The van der Waals surface area contributed by atoms with Crippen LogP contribution in [0.25, 0.3) is 0 Å². The molecule has 1 fully saturated rings. The molecule has 19 heavy (non-hydrogen) atoms. The quantitative estimate of drug-likeness (QED) is 0.645. The van der Waals surface area contributed by atoms with Gasteiger partial charge in [0.1, 0.15) is 11.6 Å². The minimum absolute atomic E-state index is 0.0927. The zero-order valence-corrected chi connectivity index (χ0v) is 10.7. The number of hydrogen-bond acceptors (Lipinski definition) is 5. The average Bonchev–Trinajstić information content (AvgIpc) is 2.38. The summed E-state index contributed by atoms with van der Waals surface area (Å²) in [5.41, 5.74) is 6.65. The first-order valence-corrected chi connectivity index (χ1v) is 6.23. The molecular formula is C13H16N4O2. The molecule has 2 unspecified atom stereocenters. The van der Waals surface area contributed by atoms with Crippen LogP contribution in [0.15, 0.2) is 18.2 Å². The fraction of sp³-hybridized carbons (Fsp3) is 0.462. The fourth-order valence-electron chi connectivity index (χ4n) is 2.54. The third-order valence-electron chi connectivity index (χ3n) is 3.55. The van der Waals surface area contributed by atoms with E-state index in [0.29, 0.717) is 0 Å². The highest BCUT2D eigenvalue weighted by molar-refractivity contribution is 5.60. The zero-order chi connectivity index (χ0) is 14.0. The fourth-order valence-corrected chi connectivity index (χ4v) is 2.54. The van der Waals surface area contributed by atoms with E-state index in [-0.39, 0.29) is 23.3 Å². The first-order valence-electron chi connectivity index (χ1n) is 6.23. The van der Waals surface area contributed by atoms with E-state index in [0.717, 1.165) is 25.1 Å². The third-order valence-corrected chi connectivity index (χ3v) is 3.55. The van der Waals surface area contributed by atoms with Gasteiger partial charge in [0.15, 0.2) is 0 Å². The summed E-state index contributed by atoms with van der Waals surface area (Å²) in [4.78, 5) is 12.6. The predicted octanol–water partition coefficient (Wildman–Crippen LogP) is 1.78. The van der Waals surface area contributed by atoms with Gasteiger partial charge in [0.2, 0.25) is 0 Å². The van der Waals surface area contributed by atoms with Gasteiger partial charge in [0, 0.05) is 30.4 Å². The number of nitriles is 1. The lowest BCUT2D eigenvalue weighted by Gasteiger charge is -2.38. The first kappa shape index (κ1) is 13.3. The van der Waals surface area contributed by atoms with E-state index in [4.69, 9.17) is 11.0 Å². The first-order chi connectivity index (χ1) is 9.02. The van der Waals surface area contributed by atoms with Crippen molar-refractivity contribution in [3.05, 3.63) is 33.9 Å². The summed E-state index contributed by atoms with van der Waals surface area (Å²) < 4.78 is 0. The molecule has 0 aromatic heterocycles. The molecule has 100 valence electrons. The molecule has 2 rings (SSSR count). The summed E-state index contributed by atoms with van der Waals surface area (Å²) in [7, 11) is 0. The number of rotatable bonds is 2. The Labute approximate surface area is 111 Å². The predicted molar refractivity (Wildman–Crippen MR) is 71.8 cm³/mol. The monoisotopic (exact) mass is 260 g/mol. The number of benzene rings is 1. The lowest BCUT2D eigenvalue weighted by molar-refractivity contribution is -0.385. The maximum atomic E-state index is 11.0. The van der Waals surface area contributed by atoms with Gasteiger partial charge in [-0.3, -0.25) is 10.1 Å². The van der Waals surface area contributed by atoms with Crippen molar-refractivity contribution in [3.63, 3.8) is 0 Å². The van der Waals surface area contributed by atoms with Crippen molar-refractivity contribution in [1.29, 1.82) is 5.26 Å². The van der Waals surface area contributed by atoms with Gasteiger partial charge in [-0.2, -0.15) is 5.26 Å². The van der Waals surface area contributed by atoms with Crippen molar-refractivity contribution in [2.75, 3.05) is 11.4 Å². The number of nitrogens with zero attached hydrogens (tertiary/aromatic N) is 3. The molecule has 6 heteroatoms. The Kier molecular flexibility index (Phi) is 3.67. The van der Waals surface area contributed by atoms with Crippen LogP contribution < -0.4 is 10.6 Å². The molecular weight excluding hydrogens is 244 g/mol. The zero-order valence-electron chi connectivity index (χ0n) is 10.7. The minimum Gasteiger partial charge on any atom is -0.369 e. The van der Waals surface area contributed by atoms with E-state index < -0.39 is 4.92 Å². The van der Waals surface area contributed by atoms with Crippen molar-refractivity contribution in [2.45, 2.75) is 31.8 Å². The summed E-state index contributed by atoms with van der Waals surface area (Å²) in [6.07, 6.45) is 1.74. The highest BCUT2D eigenvalue weighted by atomic mass is 16.6. The van der Waals surface area contributed by atoms with Gasteiger partial charge >= 0.3 is 0 Å². The maximum Gasteiger partial charge on any atom is 0.289 e. The molecule has 1 heterocycles. The van der Waals surface area contributed by atoms with Crippen molar-refractivity contribution in [1.82, 2.24) is 0 Å². The minimum atomic E-state index is -0.512. The molecule has 1 aromatic carbocycles. The van der Waals surface area contributed by atoms with Gasteiger partial charge in [0.05, 0.1) is 4.92 Å². The molecule has 1 aromatic rings. The summed E-state index contributed by atoms with van der Waals surface area (Å²) in [5.74, 6) is 0. The highest BCUT2D eigenvalue weighted by Gasteiger charge is 2.25. The summed E-state index contributed by atoms with van der Waals surface area (Å²) in [5, 5.41) is 19.8. The molecule has 0 radical (unpaired) electrons. The normalized spacial score (nSPS) is 22.9. The van der Waals surface area contributed by atoms with E-state index in [9.17, 15) is 10.1 Å². The Balaban J connectivity index is 2.33. The standard InChI is InChI=1S/C13H16N4O2/c1-9-6-11(15)4-5-16(9)12-3-2-10(8-14)13(7-12)17(18)19/h2-3,7,9,11H,4-6,15H2,1H3. The molecule has 0 bridgehead atoms. The van der Waals surface area contributed by atoms with E-state index in [1.165, 1.54) is 12.1 Å². The second kappa shape index (κ2) is 5.24. The Hall–Kier alpha value is -2.13. The smallest absolute Gasteiger partial charge is 0.289 e. The maximum absolute atomic E-state index is 11.0. The summed E-state index contributed by atoms with van der Waals surface area (Å²) in [6, 6.07) is 7.04. The van der Waals surface area contributed by atoms with Crippen molar-refractivity contribution >= 4 is 11.4 Å². The van der Waals surface area contributed by atoms with Crippen LogP contribution in [-0.2, 0) is 0 Å². The lowest BCUT2D eigenvalue weighted by Crippen LogP contribution is -2.45. The summed E-state index contributed by atoms with van der Waals surface area (Å²) >= 11 is 0. The van der Waals surface area contributed by atoms with Crippen LogP contribution >= 0.6 is 0 Å². The molecule has 1 saturated heterocycles. The van der Waals surface area contributed by atoms with Crippen LogP contribution in [-0.4, -0.2) is 23.6 Å². The molecule has 0 amide bonds.